The fraction of sp³-hybridized carbons (Fsp3) is 0.548. The second kappa shape index (κ2) is 15.0. The molecule has 0 bridgehead atoms. The number of aryl methyl sites for hydroxylation is 2. The molecule has 37 heavy (non-hydrogen) atoms. The molecule has 1 fully saturated rings. The summed E-state index contributed by atoms with van der Waals surface area (Å²) >= 11 is 1.95. The third-order valence-electron chi connectivity index (χ3n) is 7.73. The van der Waals surface area contributed by atoms with Crippen LogP contribution in [0.25, 0.3) is 0 Å². The number of hydrogen-bond donors (Lipinski definition) is 1. The monoisotopic (exact) mass is 532 g/mol. The quantitative estimate of drug-likeness (QED) is 0.155. The minimum absolute atomic E-state index is 0.164. The average Bonchev–Trinajstić information content (AvgIpc) is 2.89. The molecule has 2 N–H and O–H groups in total. The zero-order valence-electron chi connectivity index (χ0n) is 22.5. The van der Waals surface area contributed by atoms with Crippen LogP contribution in [-0.2, 0) is 19.3 Å². The van der Waals surface area contributed by atoms with Gasteiger partial charge in [0.1, 0.15) is 5.82 Å². The van der Waals surface area contributed by atoms with Gasteiger partial charge < -0.3 is 10.6 Å². The first-order valence-corrected chi connectivity index (χ1v) is 14.8. The Balaban J connectivity index is 0.000000220. The third-order valence-corrected chi connectivity index (χ3v) is 8.76. The van der Waals surface area contributed by atoms with Crippen molar-refractivity contribution >= 4 is 11.8 Å². The number of halogens is 3. The van der Waals surface area contributed by atoms with Crippen molar-refractivity contribution in [3.05, 3.63) is 77.1 Å². The van der Waals surface area contributed by atoms with E-state index in [2.05, 4.69) is 43.6 Å². The highest BCUT2D eigenvalue weighted by atomic mass is 32.2. The van der Waals surface area contributed by atoms with Crippen LogP contribution in [0.4, 0.5) is 13.2 Å². The number of likely N-dealkylation sites (tertiary alicyclic amines) is 1. The summed E-state index contributed by atoms with van der Waals surface area (Å²) in [5, 5.41) is 0. The average molecular weight is 533 g/mol. The van der Waals surface area contributed by atoms with Gasteiger partial charge in [0.25, 0.3) is 0 Å². The highest BCUT2D eigenvalue weighted by molar-refractivity contribution is 7.99. The summed E-state index contributed by atoms with van der Waals surface area (Å²) in [6.45, 7) is 6.89. The van der Waals surface area contributed by atoms with Crippen LogP contribution in [0, 0.1) is 23.4 Å². The Morgan fingerprint density at radius 2 is 1.81 bits per heavy atom. The minimum Gasteiger partial charge on any atom is -0.327 e. The highest BCUT2D eigenvalue weighted by Gasteiger charge is 2.29. The summed E-state index contributed by atoms with van der Waals surface area (Å²) < 4.78 is 40.0. The molecule has 4 rings (SSSR count). The molecular formula is C31H43F3N2S. The van der Waals surface area contributed by atoms with E-state index in [9.17, 15) is 13.2 Å². The van der Waals surface area contributed by atoms with Crippen LogP contribution < -0.4 is 5.73 Å². The lowest BCUT2D eigenvalue weighted by atomic mass is 9.82. The van der Waals surface area contributed by atoms with Crippen molar-refractivity contribution in [2.45, 2.75) is 88.1 Å². The van der Waals surface area contributed by atoms with Crippen molar-refractivity contribution in [2.24, 2.45) is 11.7 Å². The number of hydrogen-bond acceptors (Lipinski definition) is 3. The van der Waals surface area contributed by atoms with Gasteiger partial charge in [-0.3, -0.25) is 0 Å². The molecule has 3 unspecified atom stereocenters. The van der Waals surface area contributed by atoms with Crippen molar-refractivity contribution in [1.82, 2.24) is 4.90 Å². The molecule has 0 spiro atoms. The number of piperidine rings is 1. The Bertz CT molecular complexity index is 1010. The second-order valence-corrected chi connectivity index (χ2v) is 11.7. The maximum Gasteiger partial charge on any atom is 0.161 e. The Hall–Kier alpha value is -1.76. The zero-order valence-corrected chi connectivity index (χ0v) is 23.3. The fourth-order valence-corrected chi connectivity index (χ4v) is 6.37. The van der Waals surface area contributed by atoms with Crippen molar-refractivity contribution in [2.75, 3.05) is 19.3 Å². The zero-order chi connectivity index (χ0) is 26.8. The van der Waals surface area contributed by atoms with Crippen LogP contribution in [0.1, 0.15) is 68.6 Å². The topological polar surface area (TPSA) is 29.3 Å². The van der Waals surface area contributed by atoms with Gasteiger partial charge in [-0.15, -0.1) is 18.3 Å². The number of thioether (sulfide) groups is 1. The maximum atomic E-state index is 13.7. The molecule has 0 amide bonds. The van der Waals surface area contributed by atoms with Crippen LogP contribution >= 0.6 is 11.8 Å². The van der Waals surface area contributed by atoms with Crippen molar-refractivity contribution in [3.8, 4) is 0 Å². The Morgan fingerprint density at radius 1 is 1.08 bits per heavy atom. The first-order valence-electron chi connectivity index (χ1n) is 13.8. The first-order chi connectivity index (χ1) is 17.8. The van der Waals surface area contributed by atoms with Crippen molar-refractivity contribution in [1.29, 1.82) is 0 Å². The van der Waals surface area contributed by atoms with E-state index in [1.54, 1.807) is 11.1 Å². The lowest BCUT2D eigenvalue weighted by Gasteiger charge is -2.39. The van der Waals surface area contributed by atoms with Gasteiger partial charge in [0.05, 0.1) is 0 Å². The van der Waals surface area contributed by atoms with E-state index in [-0.39, 0.29) is 18.0 Å². The molecule has 1 aliphatic carbocycles. The van der Waals surface area contributed by atoms with Crippen LogP contribution in [0.15, 0.2) is 47.9 Å². The normalized spacial score (nSPS) is 20.5. The molecule has 2 aromatic carbocycles. The van der Waals surface area contributed by atoms with Gasteiger partial charge in [-0.05, 0) is 112 Å². The Kier molecular flexibility index (Phi) is 12.1. The van der Waals surface area contributed by atoms with Gasteiger partial charge >= 0.3 is 0 Å². The van der Waals surface area contributed by atoms with Gasteiger partial charge in [0.2, 0.25) is 0 Å². The number of nitrogens with two attached hydrogens (primary N) is 1. The molecule has 0 aromatic heterocycles. The lowest BCUT2D eigenvalue weighted by molar-refractivity contribution is 0.120. The lowest BCUT2D eigenvalue weighted by Crippen LogP contribution is -2.45. The summed E-state index contributed by atoms with van der Waals surface area (Å²) in [4.78, 5) is 3.78. The minimum atomic E-state index is -1.16. The molecule has 204 valence electrons. The number of benzene rings is 2. The fourth-order valence-electron chi connectivity index (χ4n) is 5.46. The Labute approximate surface area is 225 Å². The van der Waals surface area contributed by atoms with E-state index in [1.165, 1.54) is 30.6 Å². The number of nitrogens with zero attached hydrogens (tertiary/aromatic N) is 1. The van der Waals surface area contributed by atoms with Crippen molar-refractivity contribution in [3.63, 3.8) is 0 Å². The number of fused-ring (bicyclic) bond motifs is 1. The molecule has 0 saturated carbocycles. The second-order valence-electron chi connectivity index (χ2n) is 10.5. The Morgan fingerprint density at radius 3 is 2.54 bits per heavy atom. The molecular weight excluding hydrogens is 489 g/mol. The number of allylic oxidation sites excluding steroid dienone is 1. The van der Waals surface area contributed by atoms with Crippen LogP contribution in [0.2, 0.25) is 0 Å². The van der Waals surface area contributed by atoms with Crippen LogP contribution in [0.3, 0.4) is 0 Å². The van der Waals surface area contributed by atoms with E-state index in [1.807, 2.05) is 17.8 Å². The van der Waals surface area contributed by atoms with E-state index in [4.69, 9.17) is 5.73 Å². The molecule has 2 aliphatic rings. The molecule has 2 nitrogen and oxygen atoms in total. The summed E-state index contributed by atoms with van der Waals surface area (Å²) in [7, 11) is 2.12. The van der Waals surface area contributed by atoms with Gasteiger partial charge in [-0.1, -0.05) is 25.5 Å². The first kappa shape index (κ1) is 29.8. The molecule has 3 atom stereocenters. The van der Waals surface area contributed by atoms with Gasteiger partial charge in [0, 0.05) is 28.8 Å². The van der Waals surface area contributed by atoms with Gasteiger partial charge in [-0.2, -0.15) is 0 Å². The van der Waals surface area contributed by atoms with Crippen LogP contribution in [0.5, 0.6) is 0 Å². The molecule has 1 saturated heterocycles. The molecule has 0 radical (unpaired) electrons. The smallest absolute Gasteiger partial charge is 0.161 e. The van der Waals surface area contributed by atoms with E-state index < -0.39 is 17.5 Å². The van der Waals surface area contributed by atoms with Gasteiger partial charge in [-0.25, -0.2) is 13.2 Å². The highest BCUT2D eigenvalue weighted by Crippen LogP contribution is 2.29. The SMILES string of the molecule is C=CCCSc1ccc2c(c1)CCCC2.CCCC1CC(C(N)Cc2cc(F)c(F)cc2F)CCN1C. The number of rotatable bonds is 9. The summed E-state index contributed by atoms with van der Waals surface area (Å²) in [6.07, 6.45) is 12.8. The van der Waals surface area contributed by atoms with E-state index in [0.717, 1.165) is 50.5 Å². The molecule has 1 heterocycles. The molecule has 6 heteroatoms. The van der Waals surface area contributed by atoms with Gasteiger partial charge in [0.15, 0.2) is 11.6 Å². The predicted octanol–water partition coefficient (Wildman–Crippen LogP) is 7.72. The third kappa shape index (κ3) is 8.90. The molecule has 2 aromatic rings. The standard InChI is InChI=1S/C17H25F3N2.C14H18S/c1-3-4-13-7-11(5-6-22(13)2)17(21)9-12-8-15(19)16(20)10-14(12)18;1-2-3-10-15-14-9-8-12-6-4-5-7-13(12)11-14/h8,10-11,13,17H,3-7,9,21H2,1-2H3;2,8-9,11H,1,3-7,10H2. The van der Waals surface area contributed by atoms with Crippen molar-refractivity contribution < 1.29 is 13.2 Å². The summed E-state index contributed by atoms with van der Waals surface area (Å²) in [6, 6.07) is 8.80. The van der Waals surface area contributed by atoms with Crippen LogP contribution in [-0.4, -0.2) is 36.3 Å². The van der Waals surface area contributed by atoms with E-state index in [0.29, 0.717) is 18.0 Å². The predicted molar refractivity (Wildman–Crippen MR) is 151 cm³/mol. The largest absolute Gasteiger partial charge is 0.327 e. The maximum absolute atomic E-state index is 13.7. The van der Waals surface area contributed by atoms with E-state index >= 15 is 0 Å². The summed E-state index contributed by atoms with van der Waals surface area (Å²) in [5.41, 5.74) is 9.57. The summed E-state index contributed by atoms with van der Waals surface area (Å²) in [5.74, 6) is -1.44. The molecule has 1 aliphatic heterocycles.